The van der Waals surface area contributed by atoms with Crippen molar-refractivity contribution in [2.24, 2.45) is 4.99 Å². The van der Waals surface area contributed by atoms with Crippen LogP contribution in [0.1, 0.15) is 5.69 Å². The Labute approximate surface area is 106 Å². The minimum atomic E-state index is 0.668. The standard InChI is InChI=1S/C11H19N5S/c1-5-6-13-10(12-2)14-7-9-8-17-11(15-9)16(3)4/h5,8H,1,6-7H2,2-4H3,(H2,12,13,14). The van der Waals surface area contributed by atoms with Gasteiger partial charge in [0.1, 0.15) is 0 Å². The van der Waals surface area contributed by atoms with Crippen molar-refractivity contribution in [1.82, 2.24) is 15.6 Å². The smallest absolute Gasteiger partial charge is 0.191 e. The molecule has 0 fully saturated rings. The maximum Gasteiger partial charge on any atom is 0.191 e. The largest absolute Gasteiger partial charge is 0.354 e. The predicted octanol–water partition coefficient (Wildman–Crippen LogP) is 1.06. The quantitative estimate of drug-likeness (QED) is 0.468. The second kappa shape index (κ2) is 6.90. The third kappa shape index (κ3) is 4.44. The zero-order valence-corrected chi connectivity index (χ0v) is 11.3. The van der Waals surface area contributed by atoms with Crippen LogP contribution in [-0.4, -0.2) is 38.6 Å². The third-order valence-corrected chi connectivity index (χ3v) is 3.05. The Bertz CT molecular complexity index is 383. The van der Waals surface area contributed by atoms with E-state index in [2.05, 4.69) is 27.2 Å². The average molecular weight is 253 g/mol. The molecule has 6 heteroatoms. The van der Waals surface area contributed by atoms with Crippen LogP contribution in [0.5, 0.6) is 0 Å². The third-order valence-electron chi connectivity index (χ3n) is 2.00. The van der Waals surface area contributed by atoms with Gasteiger partial charge in [-0.3, -0.25) is 4.99 Å². The number of guanidine groups is 1. The van der Waals surface area contributed by atoms with E-state index in [9.17, 15) is 0 Å². The summed E-state index contributed by atoms with van der Waals surface area (Å²) in [6.07, 6.45) is 1.79. The lowest BCUT2D eigenvalue weighted by Gasteiger charge is -2.09. The first-order valence-electron chi connectivity index (χ1n) is 5.34. The van der Waals surface area contributed by atoms with Crippen molar-refractivity contribution < 1.29 is 0 Å². The molecule has 0 bridgehead atoms. The van der Waals surface area contributed by atoms with E-state index in [1.54, 1.807) is 24.5 Å². The molecule has 0 amide bonds. The topological polar surface area (TPSA) is 52.6 Å². The molecule has 2 N–H and O–H groups in total. The summed E-state index contributed by atoms with van der Waals surface area (Å²) in [5.41, 5.74) is 1.01. The number of aliphatic imine (C=N–C) groups is 1. The van der Waals surface area contributed by atoms with Gasteiger partial charge in [-0.2, -0.15) is 0 Å². The van der Waals surface area contributed by atoms with Gasteiger partial charge in [0, 0.05) is 33.1 Å². The highest BCUT2D eigenvalue weighted by atomic mass is 32.1. The number of nitrogens with zero attached hydrogens (tertiary/aromatic N) is 3. The molecule has 1 aromatic rings. The van der Waals surface area contributed by atoms with E-state index in [-0.39, 0.29) is 0 Å². The molecule has 0 aliphatic carbocycles. The minimum Gasteiger partial charge on any atom is -0.354 e. The summed E-state index contributed by atoms with van der Waals surface area (Å²) in [7, 11) is 5.71. The normalized spacial score (nSPS) is 11.1. The molecule has 0 atom stereocenters. The van der Waals surface area contributed by atoms with Crippen LogP contribution in [0.15, 0.2) is 23.0 Å². The van der Waals surface area contributed by atoms with E-state index in [4.69, 9.17) is 0 Å². The zero-order chi connectivity index (χ0) is 12.7. The van der Waals surface area contributed by atoms with Crippen LogP contribution in [0.2, 0.25) is 0 Å². The van der Waals surface area contributed by atoms with Crippen LogP contribution in [0.3, 0.4) is 0 Å². The van der Waals surface area contributed by atoms with Crippen LogP contribution < -0.4 is 15.5 Å². The summed E-state index contributed by atoms with van der Waals surface area (Å²) in [5, 5.41) is 9.35. The first-order chi connectivity index (χ1) is 8.17. The molecule has 5 nitrogen and oxygen atoms in total. The van der Waals surface area contributed by atoms with Crippen molar-refractivity contribution in [2.75, 3.05) is 32.6 Å². The van der Waals surface area contributed by atoms with Gasteiger partial charge in [-0.1, -0.05) is 6.08 Å². The minimum absolute atomic E-state index is 0.668. The van der Waals surface area contributed by atoms with Crippen molar-refractivity contribution in [2.45, 2.75) is 6.54 Å². The number of rotatable bonds is 5. The van der Waals surface area contributed by atoms with Gasteiger partial charge in [0.05, 0.1) is 12.2 Å². The molecular formula is C11H19N5S. The molecule has 0 aliphatic heterocycles. The van der Waals surface area contributed by atoms with Gasteiger partial charge < -0.3 is 15.5 Å². The maximum atomic E-state index is 4.48. The van der Waals surface area contributed by atoms with Gasteiger partial charge in [0.25, 0.3) is 0 Å². The fourth-order valence-corrected chi connectivity index (χ4v) is 1.90. The predicted molar refractivity (Wildman–Crippen MR) is 74.8 cm³/mol. The van der Waals surface area contributed by atoms with Crippen LogP contribution >= 0.6 is 11.3 Å². The summed E-state index contributed by atoms with van der Waals surface area (Å²) in [6.45, 7) is 5.01. The molecule has 1 heterocycles. The number of hydrogen-bond acceptors (Lipinski definition) is 4. The summed E-state index contributed by atoms with van der Waals surface area (Å²) in [5.74, 6) is 0.754. The lowest BCUT2D eigenvalue weighted by Crippen LogP contribution is -2.36. The number of hydrogen-bond donors (Lipinski definition) is 2. The highest BCUT2D eigenvalue weighted by Crippen LogP contribution is 2.17. The number of aromatic nitrogens is 1. The highest BCUT2D eigenvalue weighted by molar-refractivity contribution is 7.13. The SMILES string of the molecule is C=CCNC(=NC)NCc1csc(N(C)C)n1. The first-order valence-corrected chi connectivity index (χ1v) is 6.22. The van der Waals surface area contributed by atoms with E-state index in [1.807, 2.05) is 24.4 Å². The molecule has 94 valence electrons. The monoisotopic (exact) mass is 253 g/mol. The lowest BCUT2D eigenvalue weighted by molar-refractivity contribution is 0.828. The van der Waals surface area contributed by atoms with Gasteiger partial charge >= 0.3 is 0 Å². The van der Waals surface area contributed by atoms with Crippen molar-refractivity contribution in [3.8, 4) is 0 Å². The maximum absolute atomic E-state index is 4.48. The molecule has 0 radical (unpaired) electrons. The molecule has 0 spiro atoms. The summed E-state index contributed by atoms with van der Waals surface area (Å²) in [6, 6.07) is 0. The molecule has 1 rings (SSSR count). The Balaban J connectivity index is 2.45. The average Bonchev–Trinajstić information content (AvgIpc) is 2.78. The molecule has 0 saturated carbocycles. The van der Waals surface area contributed by atoms with Gasteiger partial charge in [-0.25, -0.2) is 4.98 Å². The van der Waals surface area contributed by atoms with E-state index >= 15 is 0 Å². The Morgan fingerprint density at radius 2 is 2.35 bits per heavy atom. The Morgan fingerprint density at radius 1 is 1.59 bits per heavy atom. The fourth-order valence-electron chi connectivity index (χ4n) is 1.15. The number of anilines is 1. The lowest BCUT2D eigenvalue weighted by atomic mass is 10.5. The van der Waals surface area contributed by atoms with Gasteiger partial charge in [-0.15, -0.1) is 17.9 Å². The highest BCUT2D eigenvalue weighted by Gasteiger charge is 2.04. The van der Waals surface area contributed by atoms with Crippen molar-refractivity contribution in [3.05, 3.63) is 23.7 Å². The van der Waals surface area contributed by atoms with Crippen molar-refractivity contribution >= 4 is 22.4 Å². The van der Waals surface area contributed by atoms with E-state index in [0.29, 0.717) is 13.1 Å². The van der Waals surface area contributed by atoms with E-state index in [1.165, 1.54) is 0 Å². The van der Waals surface area contributed by atoms with Gasteiger partial charge in [0.15, 0.2) is 11.1 Å². The first kappa shape index (κ1) is 13.5. The van der Waals surface area contributed by atoms with Crippen LogP contribution in [0.25, 0.3) is 0 Å². The molecular weight excluding hydrogens is 234 g/mol. The second-order valence-corrected chi connectivity index (χ2v) is 4.45. The van der Waals surface area contributed by atoms with E-state index in [0.717, 1.165) is 16.8 Å². The molecule has 0 saturated heterocycles. The van der Waals surface area contributed by atoms with Crippen LogP contribution in [0, 0.1) is 0 Å². The summed E-state index contributed by atoms with van der Waals surface area (Å²) >= 11 is 1.63. The molecule has 1 aromatic heterocycles. The molecule has 17 heavy (non-hydrogen) atoms. The van der Waals surface area contributed by atoms with Crippen molar-refractivity contribution in [1.29, 1.82) is 0 Å². The molecule has 0 aliphatic rings. The summed E-state index contributed by atoms with van der Waals surface area (Å²) < 4.78 is 0. The van der Waals surface area contributed by atoms with E-state index < -0.39 is 0 Å². The Kier molecular flexibility index (Phi) is 5.48. The Morgan fingerprint density at radius 3 is 2.88 bits per heavy atom. The van der Waals surface area contributed by atoms with Crippen LogP contribution in [0.4, 0.5) is 5.13 Å². The molecule has 0 unspecified atom stereocenters. The molecule has 0 aromatic carbocycles. The Hall–Kier alpha value is -1.56. The summed E-state index contributed by atoms with van der Waals surface area (Å²) in [4.78, 5) is 10.6. The zero-order valence-electron chi connectivity index (χ0n) is 10.5. The fraction of sp³-hybridized carbons (Fsp3) is 0.455. The van der Waals surface area contributed by atoms with Crippen molar-refractivity contribution in [3.63, 3.8) is 0 Å². The number of nitrogens with one attached hydrogen (secondary N) is 2. The van der Waals surface area contributed by atoms with Gasteiger partial charge in [-0.05, 0) is 0 Å². The number of thiazole rings is 1. The van der Waals surface area contributed by atoms with Gasteiger partial charge in [0.2, 0.25) is 0 Å². The second-order valence-electron chi connectivity index (χ2n) is 3.61. The van der Waals surface area contributed by atoms with Crippen LogP contribution in [-0.2, 0) is 6.54 Å².